The number of esters is 1. The Balaban J connectivity index is 1.47. The fraction of sp³-hybridized carbons (Fsp3) is 0.360. The van der Waals surface area contributed by atoms with Crippen LogP contribution < -0.4 is 4.74 Å². The Bertz CT molecular complexity index is 1380. The lowest BCUT2D eigenvalue weighted by Gasteiger charge is -2.41. The monoisotopic (exact) mass is 496 g/mol. The summed E-state index contributed by atoms with van der Waals surface area (Å²) in [5, 5.41) is 10.1. The molecule has 1 saturated heterocycles. The first kappa shape index (κ1) is 23.3. The van der Waals surface area contributed by atoms with E-state index in [9.17, 15) is 4.79 Å². The molecule has 0 aliphatic carbocycles. The second-order valence-electron chi connectivity index (χ2n) is 8.73. The van der Waals surface area contributed by atoms with E-state index >= 15 is 0 Å². The van der Waals surface area contributed by atoms with Crippen molar-refractivity contribution in [3.8, 4) is 28.6 Å². The van der Waals surface area contributed by atoms with Crippen LogP contribution in [0.1, 0.15) is 27.2 Å². The Labute approximate surface area is 206 Å². The molecule has 1 fully saturated rings. The van der Waals surface area contributed by atoms with Crippen LogP contribution in [0.25, 0.3) is 33.7 Å². The number of rotatable bonds is 8. The number of aromatic nitrogens is 4. The third-order valence-corrected chi connectivity index (χ3v) is 6.09. The van der Waals surface area contributed by atoms with Crippen molar-refractivity contribution in [2.75, 3.05) is 19.8 Å². The molecule has 0 spiro atoms. The molecule has 3 heterocycles. The molecule has 0 unspecified atom stereocenters. The molecular weight excluding hydrogens is 472 g/mol. The van der Waals surface area contributed by atoms with Crippen LogP contribution in [0, 0.1) is 0 Å². The Hall–Kier alpha value is -3.43. The van der Waals surface area contributed by atoms with Crippen LogP contribution >= 0.6 is 11.6 Å². The van der Waals surface area contributed by atoms with Crippen LogP contribution in [0.4, 0.5) is 0 Å². The van der Waals surface area contributed by atoms with Crippen molar-refractivity contribution in [3.05, 3.63) is 47.6 Å². The average Bonchev–Trinajstić information content (AvgIpc) is 3.45. The summed E-state index contributed by atoms with van der Waals surface area (Å²) in [6.45, 7) is 6.77. The topological polar surface area (TPSA) is 102 Å². The molecule has 0 radical (unpaired) electrons. The van der Waals surface area contributed by atoms with Crippen LogP contribution in [0.2, 0.25) is 5.02 Å². The molecule has 4 aromatic rings. The van der Waals surface area contributed by atoms with Crippen molar-refractivity contribution in [3.63, 3.8) is 0 Å². The molecule has 0 saturated carbocycles. The third kappa shape index (κ3) is 4.37. The summed E-state index contributed by atoms with van der Waals surface area (Å²) in [6, 6.07) is 11.1. The quantitative estimate of drug-likeness (QED) is 0.318. The van der Waals surface area contributed by atoms with Crippen LogP contribution in [-0.2, 0) is 19.8 Å². The van der Waals surface area contributed by atoms with Gasteiger partial charge in [0, 0.05) is 16.5 Å². The highest BCUT2D eigenvalue weighted by molar-refractivity contribution is 6.32. The molecule has 1 aliphatic rings. The number of hydrogen-bond acceptors (Lipinski definition) is 8. The number of halogens is 1. The highest BCUT2D eigenvalue weighted by Crippen LogP contribution is 2.36. The van der Waals surface area contributed by atoms with Gasteiger partial charge in [-0.25, -0.2) is 0 Å². The van der Waals surface area contributed by atoms with Crippen molar-refractivity contribution >= 4 is 28.5 Å². The number of benzene rings is 2. The molecule has 5 rings (SSSR count). The normalized spacial score (nSPS) is 14.8. The maximum absolute atomic E-state index is 12.2. The van der Waals surface area contributed by atoms with E-state index in [1.807, 2.05) is 42.8 Å². The molecule has 1 aliphatic heterocycles. The first-order chi connectivity index (χ1) is 16.9. The number of fused-ring (bicyclic) bond motifs is 1. The lowest BCUT2D eigenvalue weighted by atomic mass is 9.93. The van der Waals surface area contributed by atoms with Crippen molar-refractivity contribution in [2.24, 2.45) is 0 Å². The fourth-order valence-electron chi connectivity index (χ4n) is 4.18. The van der Waals surface area contributed by atoms with Crippen molar-refractivity contribution < 1.29 is 23.5 Å². The van der Waals surface area contributed by atoms with Gasteiger partial charge >= 0.3 is 5.97 Å². The van der Waals surface area contributed by atoms with Gasteiger partial charge in [0.05, 0.1) is 49.1 Å². The highest BCUT2D eigenvalue weighted by Gasteiger charge is 2.44. The van der Waals surface area contributed by atoms with Gasteiger partial charge < -0.3 is 18.7 Å². The van der Waals surface area contributed by atoms with Crippen molar-refractivity contribution in [1.29, 1.82) is 0 Å². The van der Waals surface area contributed by atoms with E-state index in [1.165, 1.54) is 0 Å². The van der Waals surface area contributed by atoms with Crippen LogP contribution in [0.15, 0.2) is 47.1 Å². The van der Waals surface area contributed by atoms with Crippen molar-refractivity contribution in [2.45, 2.75) is 38.8 Å². The van der Waals surface area contributed by atoms with E-state index in [0.717, 1.165) is 16.5 Å². The molecule has 182 valence electrons. The first-order valence-corrected chi connectivity index (χ1v) is 11.8. The molecular formula is C25H25ClN4O5. The molecule has 2 aromatic heterocycles. The molecule has 2 aromatic carbocycles. The standard InChI is InChI=1S/C25H25ClN4O5/c1-4-33-22(31)11-25(13-32-14-25)30-20-7-5-6-17(18(20)12-27-30)23-28-24(35-29-23)16-8-9-21(19(26)10-16)34-15(2)3/h5-10,12,15H,4,11,13-14H2,1-3H3. The summed E-state index contributed by atoms with van der Waals surface area (Å²) in [5.41, 5.74) is 1.72. The number of nitrogens with zero attached hydrogens (tertiary/aromatic N) is 4. The number of ether oxygens (including phenoxy) is 3. The Morgan fingerprint density at radius 1 is 1.26 bits per heavy atom. The Morgan fingerprint density at radius 2 is 2.09 bits per heavy atom. The first-order valence-electron chi connectivity index (χ1n) is 11.4. The van der Waals surface area contributed by atoms with E-state index in [1.54, 1.807) is 25.3 Å². The molecule has 0 atom stereocenters. The van der Waals surface area contributed by atoms with Crippen LogP contribution in [0.3, 0.4) is 0 Å². The maximum atomic E-state index is 12.2. The predicted octanol–water partition coefficient (Wildman–Crippen LogP) is 4.87. The van der Waals surface area contributed by atoms with Crippen molar-refractivity contribution in [1.82, 2.24) is 19.9 Å². The van der Waals surface area contributed by atoms with Gasteiger partial charge in [0.25, 0.3) is 5.89 Å². The van der Waals surface area contributed by atoms with Gasteiger partial charge in [0.1, 0.15) is 11.3 Å². The maximum Gasteiger partial charge on any atom is 0.308 e. The predicted molar refractivity (Wildman–Crippen MR) is 129 cm³/mol. The van der Waals surface area contributed by atoms with Gasteiger partial charge in [0.2, 0.25) is 5.82 Å². The van der Waals surface area contributed by atoms with Gasteiger partial charge in [-0.3, -0.25) is 9.48 Å². The molecule has 0 N–H and O–H groups in total. The van der Waals surface area contributed by atoms with Gasteiger partial charge in [0.15, 0.2) is 0 Å². The second kappa shape index (κ2) is 9.31. The second-order valence-corrected chi connectivity index (χ2v) is 9.14. The van der Waals surface area contributed by atoms with E-state index in [2.05, 4.69) is 15.2 Å². The van der Waals surface area contributed by atoms with Crippen LogP contribution in [0.5, 0.6) is 5.75 Å². The molecule has 0 amide bonds. The molecule has 9 nitrogen and oxygen atoms in total. The summed E-state index contributed by atoms with van der Waals surface area (Å²) in [4.78, 5) is 16.8. The van der Waals surface area contributed by atoms with Gasteiger partial charge in [-0.2, -0.15) is 10.1 Å². The average molecular weight is 497 g/mol. The summed E-state index contributed by atoms with van der Waals surface area (Å²) < 4.78 is 23.7. The van der Waals surface area contributed by atoms with Gasteiger partial charge in [-0.15, -0.1) is 0 Å². The number of hydrogen-bond donors (Lipinski definition) is 0. The zero-order chi connectivity index (χ0) is 24.6. The smallest absolute Gasteiger partial charge is 0.308 e. The largest absolute Gasteiger partial charge is 0.489 e. The summed E-state index contributed by atoms with van der Waals surface area (Å²) in [7, 11) is 0. The Kier molecular flexibility index (Phi) is 6.21. The molecule has 10 heteroatoms. The third-order valence-electron chi connectivity index (χ3n) is 5.79. The molecule has 35 heavy (non-hydrogen) atoms. The number of carbonyl (C=O) groups excluding carboxylic acids is 1. The minimum absolute atomic E-state index is 0.0118. The minimum atomic E-state index is -0.578. The summed E-state index contributed by atoms with van der Waals surface area (Å²) >= 11 is 6.38. The summed E-state index contributed by atoms with van der Waals surface area (Å²) in [5.74, 6) is 1.09. The lowest BCUT2D eigenvalue weighted by molar-refractivity contribution is -0.158. The van der Waals surface area contributed by atoms with Crippen LogP contribution in [-0.4, -0.2) is 51.8 Å². The van der Waals surface area contributed by atoms with E-state index in [4.69, 9.17) is 30.3 Å². The zero-order valence-electron chi connectivity index (χ0n) is 19.7. The highest BCUT2D eigenvalue weighted by atomic mass is 35.5. The van der Waals surface area contributed by atoms with E-state index in [0.29, 0.717) is 47.9 Å². The SMILES string of the molecule is CCOC(=O)CC1(n2ncc3c(-c4noc(-c5ccc(OC(C)C)c(Cl)c5)n4)cccc32)COC1. The van der Waals surface area contributed by atoms with Gasteiger partial charge in [-0.05, 0) is 45.0 Å². The van der Waals surface area contributed by atoms with E-state index < -0.39 is 5.54 Å². The number of carbonyl (C=O) groups is 1. The minimum Gasteiger partial charge on any atom is -0.489 e. The zero-order valence-corrected chi connectivity index (χ0v) is 20.4. The molecule has 0 bridgehead atoms. The fourth-order valence-corrected chi connectivity index (χ4v) is 4.40. The summed E-state index contributed by atoms with van der Waals surface area (Å²) in [6.07, 6.45) is 1.95. The van der Waals surface area contributed by atoms with Gasteiger partial charge in [-0.1, -0.05) is 28.9 Å². The lowest BCUT2D eigenvalue weighted by Crippen LogP contribution is -2.53. The Morgan fingerprint density at radius 3 is 2.77 bits per heavy atom. The van der Waals surface area contributed by atoms with E-state index in [-0.39, 0.29) is 18.5 Å².